The van der Waals surface area contributed by atoms with Crippen LogP contribution in [0.5, 0.6) is 0 Å². The van der Waals surface area contributed by atoms with Gasteiger partial charge in [-0.15, -0.1) is 12.4 Å². The van der Waals surface area contributed by atoms with E-state index < -0.39 is 0 Å². The van der Waals surface area contributed by atoms with Gasteiger partial charge in [0.1, 0.15) is 0 Å². The van der Waals surface area contributed by atoms with Crippen molar-refractivity contribution < 1.29 is 9.59 Å². The monoisotopic (exact) mass is 379 g/mol. The molecule has 1 heterocycles. The number of piperidine rings is 1. The summed E-state index contributed by atoms with van der Waals surface area (Å²) in [6, 6.07) is 9.27. The maximum Gasteiger partial charge on any atom is 0.251 e. The van der Waals surface area contributed by atoms with Crippen molar-refractivity contribution >= 4 is 24.2 Å². The largest absolute Gasteiger partial charge is 0.352 e. The molecule has 0 spiro atoms. The Bertz CT molecular complexity index is 596. The van der Waals surface area contributed by atoms with E-state index in [0.717, 1.165) is 45.2 Å². The summed E-state index contributed by atoms with van der Waals surface area (Å²) < 4.78 is 0. The zero-order chi connectivity index (χ0) is 17.6. The van der Waals surface area contributed by atoms with Crippen molar-refractivity contribution in [2.24, 2.45) is 23.5 Å². The highest BCUT2D eigenvalue weighted by atomic mass is 35.5. The lowest BCUT2D eigenvalue weighted by Crippen LogP contribution is -2.46. The van der Waals surface area contributed by atoms with Crippen LogP contribution in [0.2, 0.25) is 0 Å². The third-order valence-electron chi connectivity index (χ3n) is 5.70. The molecular formula is C20H30ClN3O2. The predicted octanol–water partition coefficient (Wildman–Crippen LogP) is 2.45. The highest BCUT2D eigenvalue weighted by Gasteiger charge is 2.36. The number of likely N-dealkylation sites (tertiary alicyclic amines) is 1. The molecule has 3 atom stereocenters. The lowest BCUT2D eigenvalue weighted by Gasteiger charge is -2.35. The molecule has 1 unspecified atom stereocenters. The van der Waals surface area contributed by atoms with Gasteiger partial charge in [-0.1, -0.05) is 24.6 Å². The number of rotatable bonds is 5. The Kier molecular flexibility index (Phi) is 7.91. The highest BCUT2D eigenvalue weighted by molar-refractivity contribution is 5.94. The molecule has 5 nitrogen and oxygen atoms in total. The topological polar surface area (TPSA) is 75.4 Å². The van der Waals surface area contributed by atoms with Crippen molar-refractivity contribution in [3.63, 3.8) is 0 Å². The van der Waals surface area contributed by atoms with Crippen LogP contribution in [-0.4, -0.2) is 42.9 Å². The zero-order valence-corrected chi connectivity index (χ0v) is 16.0. The van der Waals surface area contributed by atoms with Gasteiger partial charge in [0.15, 0.2) is 0 Å². The third kappa shape index (κ3) is 4.98. The van der Waals surface area contributed by atoms with Gasteiger partial charge in [0, 0.05) is 31.1 Å². The predicted molar refractivity (Wildman–Crippen MR) is 105 cm³/mol. The van der Waals surface area contributed by atoms with Crippen LogP contribution in [0.15, 0.2) is 30.3 Å². The van der Waals surface area contributed by atoms with Crippen molar-refractivity contribution in [3.05, 3.63) is 35.9 Å². The van der Waals surface area contributed by atoms with E-state index in [4.69, 9.17) is 5.73 Å². The van der Waals surface area contributed by atoms with Crippen LogP contribution < -0.4 is 11.1 Å². The van der Waals surface area contributed by atoms with Crippen molar-refractivity contribution in [2.75, 3.05) is 26.2 Å². The molecule has 26 heavy (non-hydrogen) atoms. The molecule has 2 aliphatic rings. The Hall–Kier alpha value is -1.59. The summed E-state index contributed by atoms with van der Waals surface area (Å²) in [6.45, 7) is 2.83. The molecule has 0 radical (unpaired) electrons. The van der Waals surface area contributed by atoms with E-state index in [1.807, 2.05) is 35.2 Å². The fourth-order valence-corrected chi connectivity index (χ4v) is 4.24. The fraction of sp³-hybridized carbons (Fsp3) is 0.600. The smallest absolute Gasteiger partial charge is 0.251 e. The summed E-state index contributed by atoms with van der Waals surface area (Å²) in [7, 11) is 0. The molecular weight excluding hydrogens is 350 g/mol. The molecule has 3 N–H and O–H groups in total. The molecule has 144 valence electrons. The Labute approximate surface area is 162 Å². The second-order valence-electron chi connectivity index (χ2n) is 7.40. The quantitative estimate of drug-likeness (QED) is 0.825. The van der Waals surface area contributed by atoms with Gasteiger partial charge in [0.2, 0.25) is 5.91 Å². The first-order valence-corrected chi connectivity index (χ1v) is 9.51. The van der Waals surface area contributed by atoms with E-state index in [-0.39, 0.29) is 30.1 Å². The Morgan fingerprint density at radius 2 is 1.88 bits per heavy atom. The minimum atomic E-state index is -0.0389. The van der Waals surface area contributed by atoms with E-state index in [9.17, 15) is 9.59 Å². The number of amides is 2. The standard InChI is InChI=1S/C20H29N3O2.ClH/c21-12-17-9-4-10-18(17)20(25)23-11-5-6-15(14-23)13-22-19(24)16-7-2-1-3-8-16;/h1-3,7-8,15,17-18H,4-6,9-14,21H2,(H,22,24);1H/t15?,17-,18-;/m1./s1. The molecule has 1 aromatic carbocycles. The molecule has 2 fully saturated rings. The molecule has 1 aliphatic heterocycles. The summed E-state index contributed by atoms with van der Waals surface area (Å²) in [5.41, 5.74) is 6.52. The number of nitrogens with one attached hydrogen (secondary N) is 1. The Morgan fingerprint density at radius 3 is 2.62 bits per heavy atom. The van der Waals surface area contributed by atoms with Gasteiger partial charge in [-0.3, -0.25) is 9.59 Å². The molecule has 1 aliphatic carbocycles. The molecule has 6 heteroatoms. The van der Waals surface area contributed by atoms with Gasteiger partial charge in [-0.2, -0.15) is 0 Å². The van der Waals surface area contributed by atoms with E-state index in [1.165, 1.54) is 0 Å². The Balaban J connectivity index is 0.00000243. The van der Waals surface area contributed by atoms with E-state index in [2.05, 4.69) is 5.32 Å². The lowest BCUT2D eigenvalue weighted by atomic mass is 9.92. The number of benzene rings is 1. The second-order valence-corrected chi connectivity index (χ2v) is 7.40. The molecule has 3 rings (SSSR count). The van der Waals surface area contributed by atoms with Gasteiger partial charge in [-0.25, -0.2) is 0 Å². The van der Waals surface area contributed by atoms with Crippen molar-refractivity contribution in [2.45, 2.75) is 32.1 Å². The van der Waals surface area contributed by atoms with Crippen LogP contribution in [0.4, 0.5) is 0 Å². The van der Waals surface area contributed by atoms with Gasteiger partial charge in [0.05, 0.1) is 0 Å². The summed E-state index contributed by atoms with van der Waals surface area (Å²) in [4.78, 5) is 27.1. The number of hydrogen-bond acceptors (Lipinski definition) is 3. The average Bonchev–Trinajstić information content (AvgIpc) is 3.15. The summed E-state index contributed by atoms with van der Waals surface area (Å²) >= 11 is 0. The first-order chi connectivity index (χ1) is 12.2. The normalized spacial score (nSPS) is 25.4. The average molecular weight is 380 g/mol. The van der Waals surface area contributed by atoms with Gasteiger partial charge in [0.25, 0.3) is 5.91 Å². The molecule has 0 bridgehead atoms. The van der Waals surface area contributed by atoms with E-state index in [0.29, 0.717) is 30.5 Å². The van der Waals surface area contributed by atoms with Crippen molar-refractivity contribution in [1.29, 1.82) is 0 Å². The third-order valence-corrected chi connectivity index (χ3v) is 5.70. The maximum atomic E-state index is 12.9. The number of carbonyl (C=O) groups is 2. The minimum Gasteiger partial charge on any atom is -0.352 e. The summed E-state index contributed by atoms with van der Waals surface area (Å²) in [5.74, 6) is 1.05. The fourth-order valence-electron chi connectivity index (χ4n) is 4.24. The number of halogens is 1. The van der Waals surface area contributed by atoms with Gasteiger partial charge in [-0.05, 0) is 56.2 Å². The van der Waals surface area contributed by atoms with Gasteiger partial charge < -0.3 is 16.0 Å². The maximum absolute atomic E-state index is 12.9. The molecule has 1 saturated heterocycles. The van der Waals surface area contributed by atoms with Crippen LogP contribution in [0.3, 0.4) is 0 Å². The highest BCUT2D eigenvalue weighted by Crippen LogP contribution is 2.33. The van der Waals surface area contributed by atoms with Crippen molar-refractivity contribution in [3.8, 4) is 0 Å². The number of carbonyl (C=O) groups excluding carboxylic acids is 2. The first kappa shape index (κ1) is 20.7. The molecule has 1 aromatic rings. The van der Waals surface area contributed by atoms with Crippen LogP contribution in [-0.2, 0) is 4.79 Å². The minimum absolute atomic E-state index is 0. The SMILES string of the molecule is Cl.NC[C@H]1CCC[C@H]1C(=O)N1CCCC(CNC(=O)c2ccccc2)C1. The lowest BCUT2D eigenvalue weighted by molar-refractivity contribution is -0.138. The number of hydrogen-bond donors (Lipinski definition) is 2. The Morgan fingerprint density at radius 1 is 1.12 bits per heavy atom. The molecule has 2 amide bonds. The van der Waals surface area contributed by atoms with Crippen molar-refractivity contribution in [1.82, 2.24) is 10.2 Å². The summed E-state index contributed by atoms with van der Waals surface area (Å²) in [6.07, 6.45) is 5.24. The second kappa shape index (κ2) is 9.93. The first-order valence-electron chi connectivity index (χ1n) is 9.51. The summed E-state index contributed by atoms with van der Waals surface area (Å²) in [5, 5.41) is 3.02. The molecule has 0 aromatic heterocycles. The van der Waals surface area contributed by atoms with Gasteiger partial charge >= 0.3 is 0 Å². The van der Waals surface area contributed by atoms with Crippen LogP contribution in [0, 0.1) is 17.8 Å². The van der Waals surface area contributed by atoms with Crippen LogP contribution >= 0.6 is 12.4 Å². The number of nitrogens with two attached hydrogens (primary N) is 1. The van der Waals surface area contributed by atoms with E-state index in [1.54, 1.807) is 0 Å². The zero-order valence-electron chi connectivity index (χ0n) is 15.2. The number of nitrogens with zero attached hydrogens (tertiary/aromatic N) is 1. The molecule has 1 saturated carbocycles. The van der Waals surface area contributed by atoms with Crippen LogP contribution in [0.25, 0.3) is 0 Å². The van der Waals surface area contributed by atoms with E-state index >= 15 is 0 Å². The van der Waals surface area contributed by atoms with Crippen LogP contribution in [0.1, 0.15) is 42.5 Å².